The van der Waals surface area contributed by atoms with Crippen molar-refractivity contribution < 1.29 is 4.74 Å². The molecule has 1 fully saturated rings. The van der Waals surface area contributed by atoms with Gasteiger partial charge in [0.05, 0.1) is 19.3 Å². The normalized spacial score (nSPS) is 20.6. The van der Waals surface area contributed by atoms with Crippen molar-refractivity contribution >= 4 is 15.9 Å². The van der Waals surface area contributed by atoms with Gasteiger partial charge in [-0.2, -0.15) is 0 Å². The van der Waals surface area contributed by atoms with Gasteiger partial charge in [-0.1, -0.05) is 41.1 Å². The van der Waals surface area contributed by atoms with Crippen molar-refractivity contribution in [1.82, 2.24) is 4.90 Å². The molecule has 18 heavy (non-hydrogen) atoms. The van der Waals surface area contributed by atoms with E-state index in [1.54, 1.807) is 0 Å². The van der Waals surface area contributed by atoms with Gasteiger partial charge in [0.25, 0.3) is 0 Å². The van der Waals surface area contributed by atoms with Crippen molar-refractivity contribution in [2.45, 2.75) is 25.4 Å². The molecule has 1 aliphatic rings. The molecule has 0 spiro atoms. The minimum absolute atomic E-state index is 0.154. The zero-order chi connectivity index (χ0) is 13.0. The fourth-order valence-corrected chi connectivity index (χ4v) is 3.01. The molecular formula is C14H21BrN2O. The summed E-state index contributed by atoms with van der Waals surface area (Å²) in [6, 6.07) is 8.80. The zero-order valence-corrected chi connectivity index (χ0v) is 12.4. The Morgan fingerprint density at radius 3 is 2.61 bits per heavy atom. The van der Waals surface area contributed by atoms with Crippen molar-refractivity contribution in [2.24, 2.45) is 5.73 Å². The van der Waals surface area contributed by atoms with Crippen LogP contribution in [0, 0.1) is 0 Å². The maximum Gasteiger partial charge on any atom is 0.0594 e. The number of hydrogen-bond donors (Lipinski definition) is 1. The molecule has 1 aromatic rings. The first kappa shape index (κ1) is 14.0. The van der Waals surface area contributed by atoms with Crippen LogP contribution in [0.2, 0.25) is 0 Å². The summed E-state index contributed by atoms with van der Waals surface area (Å²) in [5.74, 6) is 0. The average Bonchev–Trinajstić information content (AvgIpc) is 2.42. The topological polar surface area (TPSA) is 38.5 Å². The summed E-state index contributed by atoms with van der Waals surface area (Å²) in [5, 5.41) is 0. The largest absolute Gasteiger partial charge is 0.379 e. The van der Waals surface area contributed by atoms with Crippen molar-refractivity contribution in [3.05, 3.63) is 34.3 Å². The van der Waals surface area contributed by atoms with Crippen LogP contribution in [-0.2, 0) is 4.74 Å². The van der Waals surface area contributed by atoms with Gasteiger partial charge in [0.15, 0.2) is 0 Å². The van der Waals surface area contributed by atoms with Gasteiger partial charge in [0.1, 0.15) is 0 Å². The summed E-state index contributed by atoms with van der Waals surface area (Å²) in [7, 11) is 0. The quantitative estimate of drug-likeness (QED) is 0.928. The lowest BCUT2D eigenvalue weighted by molar-refractivity contribution is 0.00991. The molecule has 2 N–H and O–H groups in total. The highest BCUT2D eigenvalue weighted by atomic mass is 79.9. The van der Waals surface area contributed by atoms with Gasteiger partial charge in [-0.3, -0.25) is 4.90 Å². The molecule has 1 heterocycles. The molecule has 100 valence electrons. The Hall–Kier alpha value is -0.420. The molecule has 0 amide bonds. The maximum atomic E-state index is 6.35. The lowest BCUT2D eigenvalue weighted by Gasteiger charge is -2.38. The highest BCUT2D eigenvalue weighted by Crippen LogP contribution is 2.31. The van der Waals surface area contributed by atoms with E-state index in [-0.39, 0.29) is 12.1 Å². The first-order valence-electron chi connectivity index (χ1n) is 6.56. The number of nitrogens with two attached hydrogens (primary N) is 1. The molecule has 0 radical (unpaired) electrons. The third-order valence-electron chi connectivity index (χ3n) is 3.54. The smallest absolute Gasteiger partial charge is 0.0594 e. The first-order valence-corrected chi connectivity index (χ1v) is 7.35. The van der Waals surface area contributed by atoms with E-state index in [4.69, 9.17) is 10.5 Å². The van der Waals surface area contributed by atoms with Crippen LogP contribution in [0.25, 0.3) is 0 Å². The second kappa shape index (κ2) is 6.66. The van der Waals surface area contributed by atoms with E-state index < -0.39 is 0 Å². The van der Waals surface area contributed by atoms with E-state index in [0.29, 0.717) is 0 Å². The standard InChI is InChI=1S/C14H21BrN2O/c1-2-13(16)14(17-7-9-18-10-8-17)11-5-3-4-6-12(11)15/h3-6,13-14H,2,7-10,16H2,1H3. The number of benzene rings is 1. The maximum absolute atomic E-state index is 6.35. The lowest BCUT2D eigenvalue weighted by atomic mass is 9.96. The molecule has 2 rings (SSSR count). The van der Waals surface area contributed by atoms with Crippen LogP contribution in [0.15, 0.2) is 28.7 Å². The number of rotatable bonds is 4. The van der Waals surface area contributed by atoms with Crippen LogP contribution >= 0.6 is 15.9 Å². The predicted molar refractivity (Wildman–Crippen MR) is 77.5 cm³/mol. The Balaban J connectivity index is 2.27. The molecule has 1 aliphatic heterocycles. The summed E-state index contributed by atoms with van der Waals surface area (Å²) in [6.45, 7) is 5.67. The molecule has 4 heteroatoms. The summed E-state index contributed by atoms with van der Waals surface area (Å²) in [5.41, 5.74) is 7.63. The third kappa shape index (κ3) is 3.12. The number of halogens is 1. The van der Waals surface area contributed by atoms with E-state index in [0.717, 1.165) is 37.2 Å². The fourth-order valence-electron chi connectivity index (χ4n) is 2.49. The van der Waals surface area contributed by atoms with Crippen LogP contribution in [0.5, 0.6) is 0 Å². The van der Waals surface area contributed by atoms with Crippen molar-refractivity contribution in [3.63, 3.8) is 0 Å². The van der Waals surface area contributed by atoms with Gasteiger partial charge in [-0.05, 0) is 18.1 Å². The monoisotopic (exact) mass is 312 g/mol. The molecule has 2 unspecified atom stereocenters. The van der Waals surface area contributed by atoms with Gasteiger partial charge in [-0.25, -0.2) is 0 Å². The fraction of sp³-hybridized carbons (Fsp3) is 0.571. The van der Waals surface area contributed by atoms with Gasteiger partial charge in [-0.15, -0.1) is 0 Å². The Kier molecular flexibility index (Phi) is 5.18. The minimum atomic E-state index is 0.154. The molecule has 1 saturated heterocycles. The first-order chi connectivity index (χ1) is 8.74. The van der Waals surface area contributed by atoms with Crippen LogP contribution in [0.1, 0.15) is 24.9 Å². The van der Waals surface area contributed by atoms with Crippen molar-refractivity contribution in [1.29, 1.82) is 0 Å². The number of nitrogens with zero attached hydrogens (tertiary/aromatic N) is 1. The van der Waals surface area contributed by atoms with Gasteiger partial charge >= 0.3 is 0 Å². The zero-order valence-electron chi connectivity index (χ0n) is 10.8. The highest BCUT2D eigenvalue weighted by molar-refractivity contribution is 9.10. The van der Waals surface area contributed by atoms with E-state index in [2.05, 4.69) is 46.0 Å². The summed E-state index contributed by atoms with van der Waals surface area (Å²) >= 11 is 3.65. The molecule has 0 aliphatic carbocycles. The average molecular weight is 313 g/mol. The second-order valence-electron chi connectivity index (χ2n) is 4.69. The number of morpholine rings is 1. The van der Waals surface area contributed by atoms with Gasteiger partial charge in [0, 0.05) is 23.6 Å². The second-order valence-corrected chi connectivity index (χ2v) is 5.54. The molecule has 0 saturated carbocycles. The Morgan fingerprint density at radius 1 is 1.33 bits per heavy atom. The number of hydrogen-bond acceptors (Lipinski definition) is 3. The third-order valence-corrected chi connectivity index (χ3v) is 4.26. The SMILES string of the molecule is CCC(N)C(c1ccccc1Br)N1CCOCC1. The Morgan fingerprint density at radius 2 is 2.00 bits per heavy atom. The summed E-state index contributed by atoms with van der Waals surface area (Å²) in [6.07, 6.45) is 0.976. The van der Waals surface area contributed by atoms with E-state index in [1.807, 2.05) is 6.07 Å². The van der Waals surface area contributed by atoms with E-state index >= 15 is 0 Å². The number of ether oxygens (including phenoxy) is 1. The van der Waals surface area contributed by atoms with Crippen LogP contribution < -0.4 is 5.73 Å². The Labute approximate surface area is 117 Å². The molecular weight excluding hydrogens is 292 g/mol. The van der Waals surface area contributed by atoms with Gasteiger partial charge < -0.3 is 10.5 Å². The Bertz CT molecular complexity index is 380. The van der Waals surface area contributed by atoms with E-state index in [1.165, 1.54) is 5.56 Å². The van der Waals surface area contributed by atoms with Crippen LogP contribution in [0.3, 0.4) is 0 Å². The van der Waals surface area contributed by atoms with Crippen LogP contribution in [-0.4, -0.2) is 37.2 Å². The molecule has 2 atom stereocenters. The highest BCUT2D eigenvalue weighted by Gasteiger charge is 2.28. The van der Waals surface area contributed by atoms with Crippen molar-refractivity contribution in [2.75, 3.05) is 26.3 Å². The van der Waals surface area contributed by atoms with Crippen molar-refractivity contribution in [3.8, 4) is 0 Å². The van der Waals surface area contributed by atoms with Gasteiger partial charge in [0.2, 0.25) is 0 Å². The molecule has 0 aromatic heterocycles. The van der Waals surface area contributed by atoms with Crippen LogP contribution in [0.4, 0.5) is 0 Å². The predicted octanol–water partition coefficient (Wildman–Crippen LogP) is 2.56. The minimum Gasteiger partial charge on any atom is -0.379 e. The molecule has 3 nitrogen and oxygen atoms in total. The summed E-state index contributed by atoms with van der Waals surface area (Å²) < 4.78 is 6.58. The van der Waals surface area contributed by atoms with E-state index in [9.17, 15) is 0 Å². The molecule has 1 aromatic carbocycles. The molecule has 0 bridgehead atoms. The summed E-state index contributed by atoms with van der Waals surface area (Å²) in [4.78, 5) is 2.44. The lowest BCUT2D eigenvalue weighted by Crippen LogP contribution is -2.46.